The van der Waals surface area contributed by atoms with Gasteiger partial charge in [0.25, 0.3) is 0 Å². The van der Waals surface area contributed by atoms with Crippen LogP contribution in [0.3, 0.4) is 0 Å². The molecule has 0 bridgehead atoms. The summed E-state index contributed by atoms with van der Waals surface area (Å²) in [5.74, 6) is 1.21. The highest BCUT2D eigenvalue weighted by Gasteiger charge is 2.20. The van der Waals surface area contributed by atoms with Crippen LogP contribution in [0.2, 0.25) is 0 Å². The molecule has 2 aromatic heterocycles. The number of rotatable bonds is 6. The van der Waals surface area contributed by atoms with E-state index in [1.165, 1.54) is 0 Å². The molecule has 8 heteroatoms. The average molecular weight is 364 g/mol. The third kappa shape index (κ3) is 3.48. The van der Waals surface area contributed by atoms with Crippen LogP contribution in [0.4, 0.5) is 11.8 Å². The van der Waals surface area contributed by atoms with Gasteiger partial charge >= 0.3 is 0 Å². The molecule has 0 unspecified atom stereocenters. The minimum Gasteiger partial charge on any atom is -0.492 e. The van der Waals surface area contributed by atoms with Crippen LogP contribution in [0.1, 0.15) is 19.4 Å². The van der Waals surface area contributed by atoms with Crippen LogP contribution in [0.25, 0.3) is 16.9 Å². The van der Waals surface area contributed by atoms with E-state index in [1.54, 1.807) is 12.1 Å². The lowest BCUT2D eigenvalue weighted by Gasteiger charge is -2.18. The average Bonchev–Trinajstić information content (AvgIpc) is 3.15. The predicted octanol–water partition coefficient (Wildman–Crippen LogP) is 2.77. The molecule has 0 amide bonds. The van der Waals surface area contributed by atoms with Gasteiger partial charge in [0.2, 0.25) is 5.95 Å². The summed E-state index contributed by atoms with van der Waals surface area (Å²) < 4.78 is 13.6. The molecule has 0 saturated carbocycles. The fraction of sp³-hybridized carbons (Fsp3) is 0.211. The molecule has 4 N–H and O–H groups in total. The lowest BCUT2D eigenvalue weighted by molar-refractivity contribution is 0.321. The highest BCUT2D eigenvalue weighted by molar-refractivity contribution is 5.77. The van der Waals surface area contributed by atoms with Gasteiger partial charge in [-0.05, 0) is 38.1 Å². The summed E-state index contributed by atoms with van der Waals surface area (Å²) in [7, 11) is 0. The quantitative estimate of drug-likeness (QED) is 0.689. The van der Waals surface area contributed by atoms with Crippen molar-refractivity contribution in [3.05, 3.63) is 42.2 Å². The van der Waals surface area contributed by atoms with Crippen LogP contribution in [0, 0.1) is 11.3 Å². The molecular formula is C19H20N6O2. The maximum atomic E-state index is 9.48. The van der Waals surface area contributed by atoms with Crippen molar-refractivity contribution in [1.29, 1.82) is 5.26 Å². The summed E-state index contributed by atoms with van der Waals surface area (Å²) in [5, 5.41) is 9.48. The lowest BCUT2D eigenvalue weighted by Crippen LogP contribution is -2.07. The number of hydrogen-bond donors (Lipinski definition) is 2. The van der Waals surface area contributed by atoms with E-state index in [9.17, 15) is 5.26 Å². The van der Waals surface area contributed by atoms with E-state index in [4.69, 9.17) is 20.9 Å². The topological polar surface area (TPSA) is 125 Å². The van der Waals surface area contributed by atoms with E-state index >= 15 is 0 Å². The Labute approximate surface area is 157 Å². The van der Waals surface area contributed by atoms with Gasteiger partial charge in [0.15, 0.2) is 0 Å². The Morgan fingerprint density at radius 1 is 1.04 bits per heavy atom. The molecule has 0 saturated heterocycles. The second-order valence-corrected chi connectivity index (χ2v) is 5.58. The molecule has 27 heavy (non-hydrogen) atoms. The zero-order valence-electron chi connectivity index (χ0n) is 15.1. The third-order valence-electron chi connectivity index (χ3n) is 3.84. The second kappa shape index (κ2) is 7.66. The number of nitrogens with two attached hydrogens (primary N) is 2. The molecular weight excluding hydrogens is 344 g/mol. The van der Waals surface area contributed by atoms with Gasteiger partial charge in [-0.15, -0.1) is 0 Å². The smallest absolute Gasteiger partial charge is 0.222 e. The summed E-state index contributed by atoms with van der Waals surface area (Å²) in [6.45, 7) is 4.71. The Morgan fingerprint density at radius 3 is 2.15 bits per heavy atom. The Morgan fingerprint density at radius 2 is 1.63 bits per heavy atom. The SMILES string of the molecule is CCOc1cc(-c2nc(N)nc(N)c2C#N)cc(OCC)c1-n1cccc1. The van der Waals surface area contributed by atoms with Crippen LogP contribution >= 0.6 is 0 Å². The molecule has 1 aromatic carbocycles. The number of nitrogen functional groups attached to an aromatic ring is 2. The molecule has 0 aliphatic carbocycles. The molecule has 138 valence electrons. The number of nitriles is 1. The predicted molar refractivity (Wildman–Crippen MR) is 103 cm³/mol. The van der Waals surface area contributed by atoms with Gasteiger partial charge < -0.3 is 25.5 Å². The van der Waals surface area contributed by atoms with E-state index in [2.05, 4.69) is 9.97 Å². The maximum absolute atomic E-state index is 9.48. The fourth-order valence-electron chi connectivity index (χ4n) is 2.80. The largest absolute Gasteiger partial charge is 0.492 e. The van der Waals surface area contributed by atoms with Gasteiger partial charge in [0, 0.05) is 18.0 Å². The van der Waals surface area contributed by atoms with E-state index < -0.39 is 0 Å². The molecule has 3 aromatic rings. The third-order valence-corrected chi connectivity index (χ3v) is 3.84. The van der Waals surface area contributed by atoms with E-state index in [-0.39, 0.29) is 17.3 Å². The van der Waals surface area contributed by atoms with E-state index in [0.29, 0.717) is 36.0 Å². The Balaban J connectivity index is 2.29. The van der Waals surface area contributed by atoms with Gasteiger partial charge in [0.05, 0.1) is 18.9 Å². The van der Waals surface area contributed by atoms with Gasteiger partial charge in [-0.3, -0.25) is 0 Å². The maximum Gasteiger partial charge on any atom is 0.222 e. The molecule has 0 spiro atoms. The number of ether oxygens (including phenoxy) is 2. The zero-order valence-corrected chi connectivity index (χ0v) is 15.1. The Hall–Kier alpha value is -3.73. The summed E-state index contributed by atoms with van der Waals surface area (Å²) in [6.07, 6.45) is 3.81. The highest BCUT2D eigenvalue weighted by Crippen LogP contribution is 2.39. The Bertz CT molecular complexity index is 965. The number of hydrogen-bond acceptors (Lipinski definition) is 7. The first-order valence-corrected chi connectivity index (χ1v) is 8.49. The van der Waals surface area contributed by atoms with Gasteiger partial charge in [-0.2, -0.15) is 10.2 Å². The van der Waals surface area contributed by atoms with Crippen molar-refractivity contribution < 1.29 is 9.47 Å². The summed E-state index contributed by atoms with van der Waals surface area (Å²) in [4.78, 5) is 8.08. The number of aromatic nitrogens is 3. The van der Waals surface area contributed by atoms with E-state index in [1.807, 2.05) is 49.0 Å². The summed E-state index contributed by atoms with van der Waals surface area (Å²) >= 11 is 0. The van der Waals surface area contributed by atoms with Gasteiger partial charge in [-0.1, -0.05) is 0 Å². The molecule has 8 nitrogen and oxygen atoms in total. The minimum absolute atomic E-state index is 0.00749. The minimum atomic E-state index is -0.00749. The molecule has 0 atom stereocenters. The van der Waals surface area contributed by atoms with Crippen molar-refractivity contribution in [3.63, 3.8) is 0 Å². The van der Waals surface area contributed by atoms with E-state index in [0.717, 1.165) is 5.69 Å². The van der Waals surface area contributed by atoms with Crippen LogP contribution in [-0.2, 0) is 0 Å². The van der Waals surface area contributed by atoms with Crippen molar-refractivity contribution in [1.82, 2.24) is 14.5 Å². The monoisotopic (exact) mass is 364 g/mol. The van der Waals surface area contributed by atoms with Crippen molar-refractivity contribution in [3.8, 4) is 34.5 Å². The number of benzene rings is 1. The van der Waals surface area contributed by atoms with Crippen molar-refractivity contribution in [2.45, 2.75) is 13.8 Å². The van der Waals surface area contributed by atoms with Crippen molar-refractivity contribution >= 4 is 11.8 Å². The molecule has 0 aliphatic rings. The fourth-order valence-corrected chi connectivity index (χ4v) is 2.80. The molecule has 3 rings (SSSR count). The first-order chi connectivity index (χ1) is 13.1. The van der Waals surface area contributed by atoms with Gasteiger partial charge in [0.1, 0.15) is 34.6 Å². The first kappa shape index (κ1) is 18.1. The normalized spacial score (nSPS) is 10.4. The summed E-state index contributed by atoms with van der Waals surface area (Å²) in [6, 6.07) is 9.46. The second-order valence-electron chi connectivity index (χ2n) is 5.58. The van der Waals surface area contributed by atoms with Crippen molar-refractivity contribution in [2.75, 3.05) is 24.7 Å². The standard InChI is InChI=1S/C19H20N6O2/c1-3-26-14-9-12(16-13(11-20)18(21)24-19(22)23-16)10-15(27-4-2)17(14)25-7-5-6-8-25/h5-10H,3-4H2,1-2H3,(H4,21,22,23,24). The van der Waals surface area contributed by atoms with Gasteiger partial charge in [-0.25, -0.2) is 4.98 Å². The van der Waals surface area contributed by atoms with Crippen LogP contribution < -0.4 is 20.9 Å². The molecule has 0 fully saturated rings. The first-order valence-electron chi connectivity index (χ1n) is 8.49. The molecule has 0 radical (unpaired) electrons. The molecule has 2 heterocycles. The van der Waals surface area contributed by atoms with Crippen molar-refractivity contribution in [2.24, 2.45) is 0 Å². The molecule has 0 aliphatic heterocycles. The lowest BCUT2D eigenvalue weighted by atomic mass is 10.0. The Kier molecular flexibility index (Phi) is 5.13. The number of anilines is 2. The number of nitrogens with zero attached hydrogens (tertiary/aromatic N) is 4. The van der Waals surface area contributed by atoms with Crippen LogP contribution in [-0.4, -0.2) is 27.7 Å². The van der Waals surface area contributed by atoms with Crippen LogP contribution in [0.15, 0.2) is 36.7 Å². The highest BCUT2D eigenvalue weighted by atomic mass is 16.5. The van der Waals surface area contributed by atoms with Crippen LogP contribution in [0.5, 0.6) is 11.5 Å². The zero-order chi connectivity index (χ0) is 19.4. The summed E-state index contributed by atoms with van der Waals surface area (Å²) in [5.41, 5.74) is 13.5.